The van der Waals surface area contributed by atoms with E-state index in [4.69, 9.17) is 0 Å². The number of carbonyl (C=O) groups excluding carboxylic acids is 1. The zero-order valence-electron chi connectivity index (χ0n) is 18.1. The molecule has 0 aliphatic carbocycles. The fraction of sp³-hybridized carbons (Fsp3) is 0.400. The molecular weight excluding hydrogens is 388 g/mol. The highest BCUT2D eigenvalue weighted by molar-refractivity contribution is 5.80. The molecule has 1 fully saturated rings. The first kappa shape index (κ1) is 21.2. The van der Waals surface area contributed by atoms with E-state index in [0.717, 1.165) is 30.6 Å². The van der Waals surface area contributed by atoms with Gasteiger partial charge in [-0.1, -0.05) is 48.9 Å². The van der Waals surface area contributed by atoms with Crippen LogP contribution >= 0.6 is 0 Å². The number of nitrogens with zero attached hydrogens (tertiary/aromatic N) is 3. The number of likely N-dealkylation sites (tertiary alicyclic amines) is 1. The van der Waals surface area contributed by atoms with Crippen LogP contribution in [0.4, 0.5) is 0 Å². The largest absolute Gasteiger partial charge is 0.354 e. The summed E-state index contributed by atoms with van der Waals surface area (Å²) in [6.07, 6.45) is 5.32. The number of nitrogens with one attached hydrogen (secondary N) is 1. The number of aromatic nitrogens is 2. The Morgan fingerprint density at radius 2 is 1.97 bits per heavy atom. The topological polar surface area (TPSA) is 67.2 Å². The molecule has 0 radical (unpaired) electrons. The molecule has 0 spiro atoms. The van der Waals surface area contributed by atoms with Crippen molar-refractivity contribution in [2.24, 2.45) is 0 Å². The molecule has 2 aromatic carbocycles. The summed E-state index contributed by atoms with van der Waals surface area (Å²) in [5, 5.41) is 3.69. The van der Waals surface area contributed by atoms with Gasteiger partial charge in [0.15, 0.2) is 0 Å². The molecule has 0 bridgehead atoms. The van der Waals surface area contributed by atoms with Gasteiger partial charge in [0.25, 0.3) is 5.56 Å². The number of hydrogen-bond donors (Lipinski definition) is 1. The second-order valence-electron chi connectivity index (χ2n) is 8.37. The quantitative estimate of drug-likeness (QED) is 0.640. The maximum atomic E-state index is 12.7. The van der Waals surface area contributed by atoms with E-state index in [1.54, 1.807) is 12.4 Å². The van der Waals surface area contributed by atoms with Crippen LogP contribution in [0.2, 0.25) is 0 Å². The van der Waals surface area contributed by atoms with Crippen LogP contribution in [0.1, 0.15) is 36.8 Å². The van der Waals surface area contributed by atoms with Crippen molar-refractivity contribution in [2.45, 2.75) is 51.7 Å². The molecule has 162 valence electrons. The van der Waals surface area contributed by atoms with E-state index < -0.39 is 0 Å². The van der Waals surface area contributed by atoms with Crippen molar-refractivity contribution in [1.82, 2.24) is 19.8 Å². The highest BCUT2D eigenvalue weighted by Crippen LogP contribution is 2.19. The van der Waals surface area contributed by atoms with Crippen LogP contribution in [0.15, 0.2) is 59.7 Å². The van der Waals surface area contributed by atoms with Gasteiger partial charge in [-0.3, -0.25) is 19.1 Å². The average molecular weight is 419 g/mol. The molecule has 1 unspecified atom stereocenters. The lowest BCUT2D eigenvalue weighted by molar-refractivity contribution is -0.121. The van der Waals surface area contributed by atoms with Crippen LogP contribution < -0.4 is 10.9 Å². The normalized spacial score (nSPS) is 17.0. The lowest BCUT2D eigenvalue weighted by Crippen LogP contribution is -2.46. The molecule has 1 saturated heterocycles. The number of benzene rings is 2. The van der Waals surface area contributed by atoms with Gasteiger partial charge in [0.05, 0.1) is 17.2 Å². The molecule has 1 atom stereocenters. The number of piperidine rings is 1. The zero-order chi connectivity index (χ0) is 21.6. The molecule has 1 N–H and O–H groups in total. The Hall–Kier alpha value is -2.99. The summed E-state index contributed by atoms with van der Waals surface area (Å²) in [5.74, 6) is -0.0264. The van der Waals surface area contributed by atoms with E-state index in [-0.39, 0.29) is 17.9 Å². The van der Waals surface area contributed by atoms with Crippen LogP contribution in [-0.2, 0) is 17.9 Å². The first-order chi connectivity index (χ1) is 15.1. The summed E-state index contributed by atoms with van der Waals surface area (Å²) in [6.45, 7) is 4.90. The molecule has 0 saturated carbocycles. The zero-order valence-corrected chi connectivity index (χ0v) is 18.1. The van der Waals surface area contributed by atoms with E-state index in [9.17, 15) is 9.59 Å². The van der Waals surface area contributed by atoms with Gasteiger partial charge in [0.2, 0.25) is 5.91 Å². The molecule has 3 aromatic rings. The van der Waals surface area contributed by atoms with Gasteiger partial charge in [0.1, 0.15) is 0 Å². The lowest BCUT2D eigenvalue weighted by Gasteiger charge is -2.36. The molecule has 1 aliphatic rings. The lowest BCUT2D eigenvalue weighted by atomic mass is 10.0. The maximum Gasteiger partial charge on any atom is 0.261 e. The number of amides is 1. The van der Waals surface area contributed by atoms with E-state index in [0.29, 0.717) is 24.5 Å². The summed E-state index contributed by atoms with van der Waals surface area (Å²) in [6, 6.07) is 16.4. The van der Waals surface area contributed by atoms with Gasteiger partial charge < -0.3 is 5.32 Å². The molecular formula is C25H30N4O2. The molecule has 1 amide bonds. The third-order valence-corrected chi connectivity index (χ3v) is 6.15. The van der Waals surface area contributed by atoms with Crippen molar-refractivity contribution < 1.29 is 4.79 Å². The predicted octanol–water partition coefficient (Wildman–Crippen LogP) is 3.27. The summed E-state index contributed by atoms with van der Waals surface area (Å²) >= 11 is 0. The van der Waals surface area contributed by atoms with Gasteiger partial charge in [-0.25, -0.2) is 4.98 Å². The third kappa shape index (κ3) is 5.20. The summed E-state index contributed by atoms with van der Waals surface area (Å²) in [7, 11) is 0. The number of para-hydroxylation sites is 1. The number of hydrogen-bond acceptors (Lipinski definition) is 4. The van der Waals surface area contributed by atoms with E-state index in [1.165, 1.54) is 23.0 Å². The smallest absolute Gasteiger partial charge is 0.261 e. The molecule has 6 heteroatoms. The molecule has 31 heavy (non-hydrogen) atoms. The summed E-state index contributed by atoms with van der Waals surface area (Å²) in [4.78, 5) is 32.1. The second kappa shape index (κ2) is 9.88. The second-order valence-corrected chi connectivity index (χ2v) is 8.37. The first-order valence-electron chi connectivity index (χ1n) is 11.1. The minimum absolute atomic E-state index is 0.0264. The van der Waals surface area contributed by atoms with Crippen molar-refractivity contribution in [3.63, 3.8) is 0 Å². The SMILES string of the molecule is Cc1cccc2c(=O)n(CCC(=O)NCC3CCCCN3Cc3ccccc3)cnc12. The van der Waals surface area contributed by atoms with Crippen LogP contribution in [0, 0.1) is 6.92 Å². The third-order valence-electron chi connectivity index (χ3n) is 6.15. The van der Waals surface area contributed by atoms with E-state index in [1.807, 2.05) is 25.1 Å². The van der Waals surface area contributed by atoms with E-state index >= 15 is 0 Å². The van der Waals surface area contributed by atoms with Crippen molar-refractivity contribution in [3.8, 4) is 0 Å². The van der Waals surface area contributed by atoms with Crippen LogP contribution in [-0.4, -0.2) is 39.5 Å². The van der Waals surface area contributed by atoms with Crippen molar-refractivity contribution in [1.29, 1.82) is 0 Å². The number of carbonyl (C=O) groups is 1. The minimum Gasteiger partial charge on any atom is -0.354 e. The number of aryl methyl sites for hydroxylation is 2. The van der Waals surface area contributed by atoms with Crippen LogP contribution in [0.25, 0.3) is 10.9 Å². The fourth-order valence-corrected chi connectivity index (χ4v) is 4.36. The van der Waals surface area contributed by atoms with E-state index in [2.05, 4.69) is 39.5 Å². The molecule has 2 heterocycles. The van der Waals surface area contributed by atoms with Gasteiger partial charge in [-0.15, -0.1) is 0 Å². The summed E-state index contributed by atoms with van der Waals surface area (Å²) in [5.41, 5.74) is 2.91. The van der Waals surface area contributed by atoms with Crippen molar-refractivity contribution >= 4 is 16.8 Å². The Morgan fingerprint density at radius 1 is 1.13 bits per heavy atom. The predicted molar refractivity (Wildman–Crippen MR) is 123 cm³/mol. The Kier molecular flexibility index (Phi) is 6.77. The fourth-order valence-electron chi connectivity index (χ4n) is 4.36. The molecule has 4 rings (SSSR count). The van der Waals surface area contributed by atoms with Crippen molar-refractivity contribution in [2.75, 3.05) is 13.1 Å². The Labute approximate surface area is 182 Å². The Bertz CT molecular complexity index is 1090. The minimum atomic E-state index is -0.0946. The highest BCUT2D eigenvalue weighted by atomic mass is 16.1. The average Bonchev–Trinajstić information content (AvgIpc) is 2.79. The first-order valence-corrected chi connectivity index (χ1v) is 11.1. The highest BCUT2D eigenvalue weighted by Gasteiger charge is 2.22. The van der Waals surface area contributed by atoms with Gasteiger partial charge in [0, 0.05) is 32.1 Å². The van der Waals surface area contributed by atoms with Gasteiger partial charge in [-0.05, 0) is 43.5 Å². The summed E-state index contributed by atoms with van der Waals surface area (Å²) < 4.78 is 1.53. The number of rotatable bonds is 7. The Morgan fingerprint density at radius 3 is 2.81 bits per heavy atom. The van der Waals surface area contributed by atoms with Gasteiger partial charge in [-0.2, -0.15) is 0 Å². The molecule has 6 nitrogen and oxygen atoms in total. The van der Waals surface area contributed by atoms with Crippen molar-refractivity contribution in [3.05, 3.63) is 76.3 Å². The standard InChI is InChI=1S/C25H30N4O2/c1-19-8-7-12-22-24(19)27-18-29(25(22)31)15-13-23(30)26-16-21-11-5-6-14-28(21)17-20-9-3-2-4-10-20/h2-4,7-10,12,18,21H,5-6,11,13-17H2,1H3,(H,26,30). The van der Waals surface area contributed by atoms with Crippen LogP contribution in [0.3, 0.4) is 0 Å². The van der Waals surface area contributed by atoms with Gasteiger partial charge >= 0.3 is 0 Å². The molecule has 1 aliphatic heterocycles. The number of fused-ring (bicyclic) bond motifs is 1. The Balaban J connectivity index is 1.32. The monoisotopic (exact) mass is 418 g/mol. The molecule has 1 aromatic heterocycles. The van der Waals surface area contributed by atoms with Crippen LogP contribution in [0.5, 0.6) is 0 Å². The maximum absolute atomic E-state index is 12.7.